The van der Waals surface area contributed by atoms with E-state index in [0.717, 1.165) is 19.3 Å². The zero-order valence-corrected chi connectivity index (χ0v) is 7.92. The second-order valence-electron chi connectivity index (χ2n) is 3.03. The van der Waals surface area contributed by atoms with E-state index in [-0.39, 0.29) is 12.3 Å². The number of rotatable bonds is 6. The minimum Gasteiger partial charge on any atom is -0.481 e. The van der Waals surface area contributed by atoms with Crippen molar-refractivity contribution < 1.29 is 9.90 Å². The van der Waals surface area contributed by atoms with Gasteiger partial charge in [0.05, 0.1) is 6.42 Å². The van der Waals surface area contributed by atoms with Gasteiger partial charge in [-0.1, -0.05) is 31.9 Å². The van der Waals surface area contributed by atoms with Crippen molar-refractivity contribution in [3.63, 3.8) is 0 Å². The van der Waals surface area contributed by atoms with Gasteiger partial charge in [-0.05, 0) is 19.3 Å². The van der Waals surface area contributed by atoms with Gasteiger partial charge in [0.15, 0.2) is 0 Å². The maximum Gasteiger partial charge on any atom is 0.303 e. The summed E-state index contributed by atoms with van der Waals surface area (Å²) in [4.78, 5) is 10.4. The topological polar surface area (TPSA) is 37.3 Å². The number of unbranched alkanes of at least 4 members (excludes halogenated alkanes) is 1. The Bertz CT molecular complexity index is 150. The van der Waals surface area contributed by atoms with Gasteiger partial charge in [0.1, 0.15) is 0 Å². The van der Waals surface area contributed by atoms with Crippen LogP contribution < -0.4 is 0 Å². The molecule has 1 N–H and O–H groups in total. The highest BCUT2D eigenvalue weighted by molar-refractivity contribution is 5.67. The van der Waals surface area contributed by atoms with Crippen LogP contribution in [0, 0.1) is 5.92 Å². The molecule has 2 nitrogen and oxygen atoms in total. The number of allylic oxidation sites excluding steroid dienone is 2. The number of aliphatic carboxylic acids is 1. The van der Waals surface area contributed by atoms with Gasteiger partial charge in [-0.25, -0.2) is 0 Å². The van der Waals surface area contributed by atoms with E-state index >= 15 is 0 Å². The van der Waals surface area contributed by atoms with Gasteiger partial charge < -0.3 is 5.11 Å². The second kappa shape index (κ2) is 6.89. The first-order chi connectivity index (χ1) is 5.70. The monoisotopic (exact) mass is 170 g/mol. The SMILES string of the molecule is C/C=C/C(CCCC)CC(=O)O. The predicted molar refractivity (Wildman–Crippen MR) is 50.1 cm³/mol. The molecule has 12 heavy (non-hydrogen) atoms. The van der Waals surface area contributed by atoms with Crippen LogP contribution in [0.4, 0.5) is 0 Å². The Hall–Kier alpha value is -0.790. The molecular formula is C10H18O2. The van der Waals surface area contributed by atoms with E-state index in [9.17, 15) is 4.79 Å². The molecule has 0 heterocycles. The molecule has 0 radical (unpaired) electrons. The van der Waals surface area contributed by atoms with E-state index in [1.165, 1.54) is 0 Å². The maximum atomic E-state index is 10.4. The minimum absolute atomic E-state index is 0.229. The van der Waals surface area contributed by atoms with Crippen molar-refractivity contribution in [1.82, 2.24) is 0 Å². The third kappa shape index (κ3) is 5.96. The van der Waals surface area contributed by atoms with Crippen molar-refractivity contribution in [1.29, 1.82) is 0 Å². The van der Waals surface area contributed by atoms with Crippen molar-refractivity contribution in [2.75, 3.05) is 0 Å². The lowest BCUT2D eigenvalue weighted by molar-refractivity contribution is -0.137. The predicted octanol–water partition coefficient (Wildman–Crippen LogP) is 2.84. The molecular weight excluding hydrogens is 152 g/mol. The first-order valence-electron chi connectivity index (χ1n) is 4.55. The quantitative estimate of drug-likeness (QED) is 0.622. The summed E-state index contributed by atoms with van der Waals surface area (Å²) in [7, 11) is 0. The molecule has 0 aromatic carbocycles. The van der Waals surface area contributed by atoms with Gasteiger partial charge in [-0.2, -0.15) is 0 Å². The summed E-state index contributed by atoms with van der Waals surface area (Å²) in [5, 5.41) is 8.58. The van der Waals surface area contributed by atoms with Gasteiger partial charge in [-0.3, -0.25) is 4.79 Å². The molecule has 0 aliphatic heterocycles. The van der Waals surface area contributed by atoms with Crippen LogP contribution in [0.15, 0.2) is 12.2 Å². The Morgan fingerprint density at radius 2 is 2.25 bits per heavy atom. The summed E-state index contributed by atoms with van der Waals surface area (Å²) < 4.78 is 0. The lowest BCUT2D eigenvalue weighted by atomic mass is 9.98. The van der Waals surface area contributed by atoms with Crippen LogP contribution in [0.5, 0.6) is 0 Å². The van der Waals surface area contributed by atoms with Gasteiger partial charge in [0.2, 0.25) is 0 Å². The largest absolute Gasteiger partial charge is 0.481 e. The zero-order valence-electron chi connectivity index (χ0n) is 7.92. The Kier molecular flexibility index (Phi) is 6.44. The summed E-state index contributed by atoms with van der Waals surface area (Å²) >= 11 is 0. The van der Waals surface area contributed by atoms with Crippen molar-refractivity contribution in [2.24, 2.45) is 5.92 Å². The third-order valence-corrected chi connectivity index (χ3v) is 1.83. The van der Waals surface area contributed by atoms with E-state index in [2.05, 4.69) is 6.92 Å². The highest BCUT2D eigenvalue weighted by Gasteiger charge is 2.08. The summed E-state index contributed by atoms with van der Waals surface area (Å²) in [6.45, 7) is 4.05. The molecule has 0 aromatic heterocycles. The molecule has 70 valence electrons. The summed E-state index contributed by atoms with van der Waals surface area (Å²) in [5.74, 6) is -0.471. The lowest BCUT2D eigenvalue weighted by Crippen LogP contribution is -2.05. The zero-order chi connectivity index (χ0) is 9.40. The van der Waals surface area contributed by atoms with E-state index < -0.39 is 5.97 Å². The fourth-order valence-corrected chi connectivity index (χ4v) is 1.23. The van der Waals surface area contributed by atoms with Crippen LogP contribution in [0.2, 0.25) is 0 Å². The lowest BCUT2D eigenvalue weighted by Gasteiger charge is -2.07. The molecule has 0 aliphatic carbocycles. The summed E-state index contributed by atoms with van der Waals surface area (Å²) in [6, 6.07) is 0. The van der Waals surface area contributed by atoms with Crippen LogP contribution in [0.1, 0.15) is 39.5 Å². The average Bonchev–Trinajstić information content (AvgIpc) is 2.00. The van der Waals surface area contributed by atoms with Crippen molar-refractivity contribution in [3.05, 3.63) is 12.2 Å². The highest BCUT2D eigenvalue weighted by atomic mass is 16.4. The molecule has 1 atom stereocenters. The molecule has 0 fully saturated rings. The third-order valence-electron chi connectivity index (χ3n) is 1.83. The highest BCUT2D eigenvalue weighted by Crippen LogP contribution is 2.14. The fraction of sp³-hybridized carbons (Fsp3) is 0.700. The standard InChI is InChI=1S/C10H18O2/c1-3-5-7-9(6-4-2)8-10(11)12/h4,6,9H,3,5,7-8H2,1-2H3,(H,11,12)/b6-4+. The molecule has 0 amide bonds. The minimum atomic E-state index is -0.700. The van der Waals surface area contributed by atoms with Crippen molar-refractivity contribution >= 4 is 5.97 Å². The van der Waals surface area contributed by atoms with Gasteiger partial charge >= 0.3 is 5.97 Å². The van der Waals surface area contributed by atoms with E-state index in [4.69, 9.17) is 5.11 Å². The number of carbonyl (C=O) groups is 1. The van der Waals surface area contributed by atoms with Crippen molar-refractivity contribution in [3.8, 4) is 0 Å². The number of hydrogen-bond acceptors (Lipinski definition) is 1. The number of hydrogen-bond donors (Lipinski definition) is 1. The molecule has 2 heteroatoms. The van der Waals surface area contributed by atoms with Gasteiger partial charge in [0, 0.05) is 0 Å². The van der Waals surface area contributed by atoms with E-state index in [0.29, 0.717) is 0 Å². The van der Waals surface area contributed by atoms with Gasteiger partial charge in [0.25, 0.3) is 0 Å². The van der Waals surface area contributed by atoms with Crippen LogP contribution in [0.3, 0.4) is 0 Å². The first-order valence-corrected chi connectivity index (χ1v) is 4.55. The molecule has 0 rings (SSSR count). The second-order valence-corrected chi connectivity index (χ2v) is 3.03. The van der Waals surface area contributed by atoms with Crippen LogP contribution in [-0.4, -0.2) is 11.1 Å². The van der Waals surface area contributed by atoms with Crippen LogP contribution in [0.25, 0.3) is 0 Å². The van der Waals surface area contributed by atoms with Gasteiger partial charge in [-0.15, -0.1) is 0 Å². The smallest absolute Gasteiger partial charge is 0.303 e. The Morgan fingerprint density at radius 1 is 1.58 bits per heavy atom. The van der Waals surface area contributed by atoms with Crippen LogP contribution in [-0.2, 0) is 4.79 Å². The Morgan fingerprint density at radius 3 is 2.67 bits per heavy atom. The molecule has 0 aromatic rings. The molecule has 0 saturated carbocycles. The normalized spacial score (nSPS) is 13.5. The fourth-order valence-electron chi connectivity index (χ4n) is 1.23. The molecule has 0 bridgehead atoms. The summed E-state index contributed by atoms with van der Waals surface area (Å²) in [6.07, 6.45) is 7.43. The first kappa shape index (κ1) is 11.2. The molecule has 1 unspecified atom stereocenters. The maximum absolute atomic E-state index is 10.4. The Labute approximate surface area is 74.3 Å². The number of carboxylic acid groups (broad SMARTS) is 1. The van der Waals surface area contributed by atoms with E-state index in [1.54, 1.807) is 0 Å². The van der Waals surface area contributed by atoms with E-state index in [1.807, 2.05) is 19.1 Å². The molecule has 0 spiro atoms. The van der Waals surface area contributed by atoms with Crippen LogP contribution >= 0.6 is 0 Å². The van der Waals surface area contributed by atoms with Crippen molar-refractivity contribution in [2.45, 2.75) is 39.5 Å². The number of carboxylic acids is 1. The molecule has 0 saturated heterocycles. The summed E-state index contributed by atoms with van der Waals surface area (Å²) in [5.41, 5.74) is 0. The molecule has 0 aliphatic rings. The Balaban J connectivity index is 3.77. The average molecular weight is 170 g/mol.